The number of ether oxygens (including phenoxy) is 2. The maximum Gasteiger partial charge on any atom is 0.573 e. The predicted octanol–water partition coefficient (Wildman–Crippen LogP) is 5.12. The van der Waals surface area contributed by atoms with Crippen molar-refractivity contribution in [3.05, 3.63) is 65.2 Å². The van der Waals surface area contributed by atoms with Crippen molar-refractivity contribution in [2.45, 2.75) is 55.8 Å². The summed E-state index contributed by atoms with van der Waals surface area (Å²) >= 11 is 6.00. The number of alkyl halides is 3. The molecule has 3 atom stereocenters. The monoisotopic (exact) mass is 551 g/mol. The Morgan fingerprint density at radius 3 is 2.71 bits per heavy atom. The number of nitrogens with zero attached hydrogens (tertiary/aromatic N) is 2. The van der Waals surface area contributed by atoms with Gasteiger partial charge in [0.25, 0.3) is 5.91 Å². The summed E-state index contributed by atoms with van der Waals surface area (Å²) in [5, 5.41) is 18.5. The van der Waals surface area contributed by atoms with Crippen molar-refractivity contribution in [1.82, 2.24) is 15.1 Å². The Balaban J connectivity index is 1.11. The first kappa shape index (κ1) is 25.0. The lowest BCUT2D eigenvalue weighted by Gasteiger charge is -2.38. The van der Waals surface area contributed by atoms with Crippen molar-refractivity contribution < 1.29 is 36.9 Å². The van der Waals surface area contributed by atoms with E-state index in [1.54, 1.807) is 29.1 Å². The number of carbonyl (C=O) groups excluding carboxylic acids is 1. The maximum absolute atomic E-state index is 14.2. The first-order chi connectivity index (χ1) is 18.0. The maximum atomic E-state index is 14.2. The van der Waals surface area contributed by atoms with E-state index in [0.717, 1.165) is 25.0 Å². The number of aromatic nitrogens is 2. The fraction of sp³-hybridized carbons (Fsp3) is 0.385. The standard InChI is InChI=1S/C26H22ClF4N3O4/c27-16-2-4-21-17(6-16)20(35)7-23(37-21)24(36)33-19-10-25(8-14(19)9-25)34-12-15(11-32-34)13-1-3-22(18(28)5-13)38-26(29,30)31/h1-6,11-12,14,19-20,23,35H,7-10H2,(H,33,36)/t14?,19?,20-,23-,25?/m1/s1. The first-order valence-electron chi connectivity index (χ1n) is 12.0. The summed E-state index contributed by atoms with van der Waals surface area (Å²) in [5.74, 6) is -1.64. The molecule has 4 aliphatic rings. The average Bonchev–Trinajstić information content (AvgIpc) is 3.53. The van der Waals surface area contributed by atoms with Crippen molar-refractivity contribution in [2.24, 2.45) is 5.92 Å². The molecule has 3 fully saturated rings. The van der Waals surface area contributed by atoms with Crippen LogP contribution in [0, 0.1) is 11.7 Å². The van der Waals surface area contributed by atoms with Crippen LogP contribution in [0.25, 0.3) is 11.1 Å². The molecule has 3 aliphatic carbocycles. The Morgan fingerprint density at radius 1 is 1.18 bits per heavy atom. The minimum atomic E-state index is -4.98. The fourth-order valence-electron chi connectivity index (χ4n) is 5.87. The molecule has 1 unspecified atom stereocenters. The van der Waals surface area contributed by atoms with Crippen LogP contribution < -0.4 is 14.8 Å². The van der Waals surface area contributed by atoms with E-state index in [-0.39, 0.29) is 29.8 Å². The minimum absolute atomic E-state index is 0.0984. The predicted molar refractivity (Wildman–Crippen MR) is 127 cm³/mol. The normalized spacial score (nSPS) is 27.7. The molecule has 200 valence electrons. The number of hydrogen-bond acceptors (Lipinski definition) is 5. The average molecular weight is 552 g/mol. The molecule has 2 bridgehead atoms. The summed E-state index contributed by atoms with van der Waals surface area (Å²) in [5.41, 5.74) is 1.17. The van der Waals surface area contributed by atoms with Gasteiger partial charge in [-0.05, 0) is 61.1 Å². The zero-order valence-electron chi connectivity index (χ0n) is 19.7. The van der Waals surface area contributed by atoms with Gasteiger partial charge in [-0.15, -0.1) is 13.2 Å². The minimum Gasteiger partial charge on any atom is -0.480 e. The molecule has 0 radical (unpaired) electrons. The van der Waals surface area contributed by atoms with Crippen molar-refractivity contribution >= 4 is 17.5 Å². The second-order valence-electron chi connectivity index (χ2n) is 10.1. The van der Waals surface area contributed by atoms with Crippen molar-refractivity contribution in [3.8, 4) is 22.6 Å². The topological polar surface area (TPSA) is 85.6 Å². The number of nitrogens with one attached hydrogen (secondary N) is 1. The molecule has 0 saturated heterocycles. The largest absolute Gasteiger partial charge is 0.573 e. The highest BCUT2D eigenvalue weighted by atomic mass is 35.5. The van der Waals surface area contributed by atoms with E-state index in [0.29, 0.717) is 33.9 Å². The van der Waals surface area contributed by atoms with Gasteiger partial charge >= 0.3 is 6.36 Å². The number of aliphatic hydroxyl groups is 1. The quantitative estimate of drug-likeness (QED) is 0.430. The Kier molecular flexibility index (Phi) is 5.84. The lowest BCUT2D eigenvalue weighted by Crippen LogP contribution is -2.46. The molecular weight excluding hydrogens is 530 g/mol. The molecule has 3 aromatic rings. The van der Waals surface area contributed by atoms with Crippen LogP contribution in [0.3, 0.4) is 0 Å². The van der Waals surface area contributed by atoms with Gasteiger partial charge in [-0.25, -0.2) is 4.39 Å². The molecule has 7 rings (SSSR count). The summed E-state index contributed by atoms with van der Waals surface area (Å²) in [7, 11) is 0. The zero-order chi connectivity index (χ0) is 26.8. The number of rotatable bonds is 5. The van der Waals surface area contributed by atoms with E-state index in [1.165, 1.54) is 12.3 Å². The molecule has 12 heteroatoms. The van der Waals surface area contributed by atoms with Crippen LogP contribution in [0.4, 0.5) is 17.6 Å². The highest BCUT2D eigenvalue weighted by Crippen LogP contribution is 2.57. The van der Waals surface area contributed by atoms with Gasteiger partial charge in [-0.2, -0.15) is 5.10 Å². The highest BCUT2D eigenvalue weighted by molar-refractivity contribution is 6.30. The first-order valence-corrected chi connectivity index (χ1v) is 12.4. The van der Waals surface area contributed by atoms with E-state index >= 15 is 0 Å². The Bertz CT molecular complexity index is 1410. The van der Waals surface area contributed by atoms with Crippen molar-refractivity contribution in [1.29, 1.82) is 0 Å². The summed E-state index contributed by atoms with van der Waals surface area (Å²) in [6, 6.07) is 8.06. The van der Waals surface area contributed by atoms with Gasteiger partial charge in [0.1, 0.15) is 5.75 Å². The summed E-state index contributed by atoms with van der Waals surface area (Å²) < 4.78 is 62.8. The number of amides is 1. The van der Waals surface area contributed by atoms with Crippen LogP contribution in [0.1, 0.15) is 37.4 Å². The van der Waals surface area contributed by atoms with E-state index in [2.05, 4.69) is 15.2 Å². The molecule has 7 nitrogen and oxygen atoms in total. The summed E-state index contributed by atoms with van der Waals surface area (Å²) in [4.78, 5) is 13.0. The molecule has 38 heavy (non-hydrogen) atoms. The lowest BCUT2D eigenvalue weighted by atomic mass is 9.77. The van der Waals surface area contributed by atoms with E-state index in [4.69, 9.17) is 16.3 Å². The van der Waals surface area contributed by atoms with Gasteiger partial charge in [-0.1, -0.05) is 17.7 Å². The van der Waals surface area contributed by atoms with E-state index in [9.17, 15) is 27.5 Å². The number of fused-ring (bicyclic) bond motifs is 2. The number of carbonyl (C=O) groups is 1. The third kappa shape index (κ3) is 4.47. The third-order valence-corrected chi connectivity index (χ3v) is 7.91. The smallest absolute Gasteiger partial charge is 0.480 e. The number of hydrogen-bond donors (Lipinski definition) is 2. The Hall–Kier alpha value is -3.31. The van der Waals surface area contributed by atoms with Crippen molar-refractivity contribution in [3.63, 3.8) is 0 Å². The second-order valence-corrected chi connectivity index (χ2v) is 10.6. The van der Waals surface area contributed by atoms with Crippen LogP contribution in [0.2, 0.25) is 5.02 Å². The van der Waals surface area contributed by atoms with E-state index < -0.39 is 30.1 Å². The van der Waals surface area contributed by atoms with Crippen LogP contribution >= 0.6 is 11.6 Å². The van der Waals surface area contributed by atoms with Crippen molar-refractivity contribution in [2.75, 3.05) is 0 Å². The van der Waals surface area contributed by atoms with Gasteiger partial charge < -0.3 is 19.9 Å². The molecule has 2 aromatic carbocycles. The second kappa shape index (κ2) is 8.88. The number of aliphatic hydroxyl groups excluding tert-OH is 1. The SMILES string of the molecule is O=C(NC1CC2(n3cc(-c4ccc(OC(F)(F)F)c(F)c4)cn3)CC1C2)[C@H]1C[C@@H](O)c2cc(Cl)ccc2O1. The van der Waals surface area contributed by atoms with Crippen LogP contribution in [0.15, 0.2) is 48.8 Å². The highest BCUT2D eigenvalue weighted by Gasteiger charge is 2.58. The molecule has 1 aliphatic heterocycles. The summed E-state index contributed by atoms with van der Waals surface area (Å²) in [6.07, 6.45) is -1.06. The molecule has 1 amide bonds. The van der Waals surface area contributed by atoms with Crippen LogP contribution in [0.5, 0.6) is 11.5 Å². The van der Waals surface area contributed by atoms with Gasteiger partial charge in [0.05, 0.1) is 17.8 Å². The molecular formula is C26H22ClF4N3O4. The number of benzene rings is 2. The Labute approximate surface area is 219 Å². The van der Waals surface area contributed by atoms with Gasteiger partial charge in [0.15, 0.2) is 17.7 Å². The zero-order valence-corrected chi connectivity index (χ0v) is 20.5. The van der Waals surface area contributed by atoms with Gasteiger partial charge in [0.2, 0.25) is 0 Å². The van der Waals surface area contributed by atoms with Gasteiger partial charge in [-0.3, -0.25) is 9.48 Å². The molecule has 0 spiro atoms. The molecule has 1 aromatic heterocycles. The molecule has 2 heterocycles. The van der Waals surface area contributed by atoms with E-state index in [1.807, 2.05) is 0 Å². The lowest BCUT2D eigenvalue weighted by molar-refractivity contribution is -0.275. The molecule has 2 N–H and O–H groups in total. The molecule has 3 saturated carbocycles. The van der Waals surface area contributed by atoms with Crippen LogP contribution in [-0.2, 0) is 10.3 Å². The fourth-order valence-corrected chi connectivity index (χ4v) is 6.05. The van der Waals surface area contributed by atoms with Gasteiger partial charge in [0, 0.05) is 34.8 Å². The number of halogens is 5. The third-order valence-electron chi connectivity index (χ3n) is 7.67. The van der Waals surface area contributed by atoms with Crippen LogP contribution in [-0.4, -0.2) is 39.3 Å². The Morgan fingerprint density at radius 2 is 1.97 bits per heavy atom. The summed E-state index contributed by atoms with van der Waals surface area (Å²) in [6.45, 7) is 0.